The van der Waals surface area contributed by atoms with Gasteiger partial charge in [0, 0.05) is 10.9 Å². The van der Waals surface area contributed by atoms with E-state index < -0.39 is 0 Å². The molecule has 0 amide bonds. The van der Waals surface area contributed by atoms with Crippen LogP contribution in [0.2, 0.25) is 10.2 Å². The summed E-state index contributed by atoms with van der Waals surface area (Å²) in [6, 6.07) is 1.78. The Labute approximate surface area is 87.5 Å². The molecule has 0 aromatic carbocycles. The smallest absolute Gasteiger partial charge is 0.147 e. The molecule has 0 unspecified atom stereocenters. The highest BCUT2D eigenvalue weighted by molar-refractivity contribution is 7.81. The molecule has 1 heterocycles. The van der Waals surface area contributed by atoms with Gasteiger partial charge in [-0.2, -0.15) is 12.6 Å². The predicted octanol–water partition coefficient (Wildman–Crippen LogP) is 3.55. The van der Waals surface area contributed by atoms with E-state index in [0.717, 1.165) is 5.56 Å². The molecule has 0 aliphatic rings. The zero-order valence-corrected chi connectivity index (χ0v) is 9.21. The Morgan fingerprint density at radius 3 is 2.42 bits per heavy atom. The Morgan fingerprint density at radius 1 is 1.42 bits per heavy atom. The van der Waals surface area contributed by atoms with Gasteiger partial charge >= 0.3 is 0 Å². The standard InChI is InChI=1S/C8H9Cl2NS/c1-8(2,12)5-3-6(9)7(10)11-4-5/h3-4,12H,1-2H3. The first-order valence-corrected chi connectivity index (χ1v) is 4.65. The fourth-order valence-electron chi connectivity index (χ4n) is 0.756. The van der Waals surface area contributed by atoms with E-state index in [-0.39, 0.29) is 4.75 Å². The molecule has 0 radical (unpaired) electrons. The van der Waals surface area contributed by atoms with Crippen molar-refractivity contribution in [3.8, 4) is 0 Å². The average molecular weight is 222 g/mol. The van der Waals surface area contributed by atoms with Crippen LogP contribution in [-0.2, 0) is 4.75 Å². The molecule has 1 aromatic rings. The first-order chi connectivity index (χ1) is 5.41. The number of rotatable bonds is 1. The van der Waals surface area contributed by atoms with Crippen LogP contribution < -0.4 is 0 Å². The van der Waals surface area contributed by atoms with Gasteiger partial charge in [-0.25, -0.2) is 4.98 Å². The van der Waals surface area contributed by atoms with Crippen LogP contribution in [0.4, 0.5) is 0 Å². The third-order valence-corrected chi connectivity index (χ3v) is 2.45. The fraction of sp³-hybridized carbons (Fsp3) is 0.375. The lowest BCUT2D eigenvalue weighted by Crippen LogP contribution is -2.07. The van der Waals surface area contributed by atoms with E-state index in [1.165, 1.54) is 0 Å². The Hall–Kier alpha value is 0.0800. The number of halogens is 2. The van der Waals surface area contributed by atoms with Crippen molar-refractivity contribution in [1.29, 1.82) is 0 Å². The largest absolute Gasteiger partial charge is 0.243 e. The van der Waals surface area contributed by atoms with Crippen molar-refractivity contribution in [2.24, 2.45) is 0 Å². The molecule has 0 saturated carbocycles. The summed E-state index contributed by atoms with van der Waals surface area (Å²) in [6.45, 7) is 3.94. The Balaban J connectivity index is 3.14. The molecular formula is C8H9Cl2NS. The van der Waals surface area contributed by atoms with E-state index >= 15 is 0 Å². The summed E-state index contributed by atoms with van der Waals surface area (Å²) in [5.41, 5.74) is 0.959. The fourth-order valence-corrected chi connectivity index (χ4v) is 1.15. The first-order valence-electron chi connectivity index (χ1n) is 3.45. The van der Waals surface area contributed by atoms with Crippen molar-refractivity contribution in [1.82, 2.24) is 4.98 Å². The Morgan fingerprint density at radius 2 is 2.00 bits per heavy atom. The topological polar surface area (TPSA) is 12.9 Å². The van der Waals surface area contributed by atoms with Crippen molar-refractivity contribution in [3.63, 3.8) is 0 Å². The number of thiol groups is 1. The van der Waals surface area contributed by atoms with Gasteiger partial charge < -0.3 is 0 Å². The SMILES string of the molecule is CC(C)(S)c1cnc(Cl)c(Cl)c1. The van der Waals surface area contributed by atoms with Gasteiger partial charge in [0.1, 0.15) is 5.15 Å². The Kier molecular flexibility index (Phi) is 2.92. The molecule has 0 bridgehead atoms. The second-order valence-corrected chi connectivity index (χ2v) is 4.94. The average Bonchev–Trinajstić information content (AvgIpc) is 1.92. The zero-order chi connectivity index (χ0) is 9.35. The lowest BCUT2D eigenvalue weighted by molar-refractivity contribution is 0.785. The lowest BCUT2D eigenvalue weighted by Gasteiger charge is -2.17. The highest BCUT2D eigenvalue weighted by Crippen LogP contribution is 2.30. The Bertz CT molecular complexity index is 294. The van der Waals surface area contributed by atoms with Gasteiger partial charge in [0.25, 0.3) is 0 Å². The summed E-state index contributed by atoms with van der Waals surface area (Å²) in [6.07, 6.45) is 1.68. The summed E-state index contributed by atoms with van der Waals surface area (Å²) in [4.78, 5) is 3.93. The summed E-state index contributed by atoms with van der Waals surface area (Å²) < 4.78 is -0.235. The number of nitrogens with zero attached hydrogens (tertiary/aromatic N) is 1. The van der Waals surface area contributed by atoms with E-state index in [1.807, 2.05) is 13.8 Å². The van der Waals surface area contributed by atoms with Gasteiger partial charge in [-0.15, -0.1) is 0 Å². The van der Waals surface area contributed by atoms with Crippen molar-refractivity contribution < 1.29 is 0 Å². The van der Waals surface area contributed by atoms with Crippen molar-refractivity contribution in [3.05, 3.63) is 28.0 Å². The van der Waals surface area contributed by atoms with E-state index in [9.17, 15) is 0 Å². The molecule has 0 aliphatic carbocycles. The summed E-state index contributed by atoms with van der Waals surface area (Å²) in [5.74, 6) is 0. The quantitative estimate of drug-likeness (QED) is 0.566. The highest BCUT2D eigenvalue weighted by Gasteiger charge is 2.16. The molecular weight excluding hydrogens is 213 g/mol. The third-order valence-electron chi connectivity index (χ3n) is 1.50. The maximum atomic E-state index is 5.79. The van der Waals surface area contributed by atoms with E-state index in [2.05, 4.69) is 17.6 Å². The maximum Gasteiger partial charge on any atom is 0.147 e. The zero-order valence-electron chi connectivity index (χ0n) is 6.81. The minimum atomic E-state index is -0.235. The van der Waals surface area contributed by atoms with E-state index in [0.29, 0.717) is 10.2 Å². The van der Waals surface area contributed by atoms with Crippen LogP contribution in [0.25, 0.3) is 0 Å². The van der Waals surface area contributed by atoms with Gasteiger partial charge in [-0.3, -0.25) is 0 Å². The minimum Gasteiger partial charge on any atom is -0.243 e. The molecule has 0 N–H and O–H groups in total. The van der Waals surface area contributed by atoms with Crippen molar-refractivity contribution >= 4 is 35.8 Å². The maximum absolute atomic E-state index is 5.79. The van der Waals surface area contributed by atoms with Gasteiger partial charge in [-0.1, -0.05) is 23.2 Å². The van der Waals surface area contributed by atoms with Gasteiger partial charge in [0.2, 0.25) is 0 Å². The summed E-state index contributed by atoms with van der Waals surface area (Å²) in [5, 5.41) is 0.800. The van der Waals surface area contributed by atoms with Gasteiger partial charge in [-0.05, 0) is 25.5 Å². The number of hydrogen-bond acceptors (Lipinski definition) is 2. The van der Waals surface area contributed by atoms with Crippen LogP contribution in [0.15, 0.2) is 12.3 Å². The third kappa shape index (κ3) is 2.28. The van der Waals surface area contributed by atoms with E-state index in [4.69, 9.17) is 23.2 Å². The number of pyridine rings is 1. The van der Waals surface area contributed by atoms with Crippen LogP contribution in [-0.4, -0.2) is 4.98 Å². The molecule has 66 valence electrons. The molecule has 12 heavy (non-hydrogen) atoms. The molecule has 1 rings (SSSR count). The number of aromatic nitrogens is 1. The number of hydrogen-bond donors (Lipinski definition) is 1. The van der Waals surface area contributed by atoms with Crippen molar-refractivity contribution in [2.75, 3.05) is 0 Å². The normalized spacial score (nSPS) is 11.8. The summed E-state index contributed by atoms with van der Waals surface area (Å²) in [7, 11) is 0. The first kappa shape index (κ1) is 10.2. The lowest BCUT2D eigenvalue weighted by atomic mass is 10.1. The molecule has 0 fully saturated rings. The predicted molar refractivity (Wildman–Crippen MR) is 56.3 cm³/mol. The monoisotopic (exact) mass is 221 g/mol. The second-order valence-electron chi connectivity index (χ2n) is 3.06. The highest BCUT2D eigenvalue weighted by atomic mass is 35.5. The molecule has 4 heteroatoms. The second kappa shape index (κ2) is 3.44. The van der Waals surface area contributed by atoms with Crippen LogP contribution in [0, 0.1) is 0 Å². The molecule has 0 spiro atoms. The summed E-state index contributed by atoms with van der Waals surface area (Å²) >= 11 is 15.8. The van der Waals surface area contributed by atoms with Gasteiger partial charge in [0.15, 0.2) is 0 Å². The van der Waals surface area contributed by atoms with Crippen molar-refractivity contribution in [2.45, 2.75) is 18.6 Å². The molecule has 0 atom stereocenters. The van der Waals surface area contributed by atoms with Crippen LogP contribution >= 0.6 is 35.8 Å². The minimum absolute atomic E-state index is 0.235. The van der Waals surface area contributed by atoms with Crippen LogP contribution in [0.5, 0.6) is 0 Å². The molecule has 0 aliphatic heterocycles. The van der Waals surface area contributed by atoms with Crippen LogP contribution in [0.1, 0.15) is 19.4 Å². The van der Waals surface area contributed by atoms with Gasteiger partial charge in [0.05, 0.1) is 5.02 Å². The molecule has 1 aromatic heterocycles. The molecule has 1 nitrogen and oxygen atoms in total. The van der Waals surface area contributed by atoms with Crippen LogP contribution in [0.3, 0.4) is 0 Å². The van der Waals surface area contributed by atoms with E-state index in [1.54, 1.807) is 12.3 Å². The molecule has 0 saturated heterocycles.